The van der Waals surface area contributed by atoms with Crippen molar-refractivity contribution >= 4 is 37.5 Å². The zero-order chi connectivity index (χ0) is 19.8. The fourth-order valence-electron chi connectivity index (χ4n) is 3.35. The number of carbonyl (C=O) groups excluding carboxylic acids is 1. The summed E-state index contributed by atoms with van der Waals surface area (Å²) in [4.78, 5) is 17.5. The number of nitrogens with zero attached hydrogens (tertiary/aromatic N) is 3. The van der Waals surface area contributed by atoms with Gasteiger partial charge in [-0.05, 0) is 25.0 Å². The van der Waals surface area contributed by atoms with Crippen molar-refractivity contribution in [3.63, 3.8) is 0 Å². The summed E-state index contributed by atoms with van der Waals surface area (Å²) in [5.74, 6) is 0.866. The van der Waals surface area contributed by atoms with Gasteiger partial charge in [0.25, 0.3) is 5.91 Å². The van der Waals surface area contributed by atoms with Gasteiger partial charge in [-0.15, -0.1) is 0 Å². The van der Waals surface area contributed by atoms with E-state index in [1.165, 1.54) is 15.6 Å². The largest absolute Gasteiger partial charge is 0.495 e. The molecule has 1 aromatic carbocycles. The molecule has 0 saturated carbocycles. The second-order valence-electron chi connectivity index (χ2n) is 6.43. The number of thiazole rings is 1. The zero-order valence-electron chi connectivity index (χ0n) is 15.8. The number of fused-ring (bicyclic) bond motifs is 1. The van der Waals surface area contributed by atoms with Crippen LogP contribution in [0.1, 0.15) is 19.3 Å². The lowest BCUT2D eigenvalue weighted by molar-refractivity contribution is -0.122. The Balaban J connectivity index is 2.10. The minimum absolute atomic E-state index is 0.352. The quantitative estimate of drug-likeness (QED) is 0.758. The molecule has 1 aliphatic rings. The minimum Gasteiger partial charge on any atom is -0.495 e. The van der Waals surface area contributed by atoms with E-state index in [1.807, 2.05) is 0 Å². The molecule has 2 heterocycles. The van der Waals surface area contributed by atoms with Crippen molar-refractivity contribution in [1.29, 1.82) is 0 Å². The monoisotopic (exact) mass is 413 g/mol. The van der Waals surface area contributed by atoms with Gasteiger partial charge in [-0.2, -0.15) is 9.30 Å². The van der Waals surface area contributed by atoms with Crippen molar-refractivity contribution in [2.24, 2.45) is 12.0 Å². The Morgan fingerprint density at radius 2 is 1.89 bits per heavy atom. The van der Waals surface area contributed by atoms with Crippen molar-refractivity contribution in [2.75, 3.05) is 27.0 Å². The SMILES string of the molecule is COc1ccc(OC)c2c1sc(=NC(=O)C1CCCCN1S(C)(=O)=O)n2C. The first-order chi connectivity index (χ1) is 12.8. The van der Waals surface area contributed by atoms with Crippen molar-refractivity contribution in [3.8, 4) is 11.5 Å². The van der Waals surface area contributed by atoms with Crippen LogP contribution >= 0.6 is 11.3 Å². The van der Waals surface area contributed by atoms with Crippen molar-refractivity contribution in [3.05, 3.63) is 16.9 Å². The van der Waals surface area contributed by atoms with Crippen LogP contribution in [-0.2, 0) is 21.9 Å². The molecule has 1 atom stereocenters. The van der Waals surface area contributed by atoms with E-state index in [9.17, 15) is 13.2 Å². The normalized spacial score (nSPS) is 19.4. The molecule has 1 saturated heterocycles. The average Bonchev–Trinajstić information content (AvgIpc) is 2.97. The van der Waals surface area contributed by atoms with Gasteiger partial charge in [0.15, 0.2) is 4.80 Å². The lowest BCUT2D eigenvalue weighted by Crippen LogP contribution is -2.47. The molecule has 8 nitrogen and oxygen atoms in total. The number of hydrogen-bond acceptors (Lipinski definition) is 6. The molecule has 1 aromatic heterocycles. The average molecular weight is 414 g/mol. The number of aromatic nitrogens is 1. The molecule has 27 heavy (non-hydrogen) atoms. The standard InChI is InChI=1S/C17H23N3O5S2/c1-19-14-12(24-2)8-9-13(25-3)15(14)26-17(19)18-16(21)11-7-5-6-10-20(11)27(4,22)23/h8-9,11H,5-7,10H2,1-4H3. The number of methoxy groups -OCH3 is 2. The molecule has 1 aliphatic heterocycles. The molecule has 0 spiro atoms. The van der Waals surface area contributed by atoms with Crippen LogP contribution in [0.4, 0.5) is 0 Å². The summed E-state index contributed by atoms with van der Waals surface area (Å²) in [7, 11) is 1.49. The van der Waals surface area contributed by atoms with Gasteiger partial charge in [-0.3, -0.25) is 4.79 Å². The first-order valence-electron chi connectivity index (χ1n) is 8.53. The summed E-state index contributed by atoms with van der Waals surface area (Å²) in [6.07, 6.45) is 3.17. The van der Waals surface area contributed by atoms with E-state index in [0.29, 0.717) is 29.3 Å². The zero-order valence-corrected chi connectivity index (χ0v) is 17.4. The van der Waals surface area contributed by atoms with E-state index in [0.717, 1.165) is 29.3 Å². The molecule has 3 rings (SSSR count). The predicted octanol–water partition coefficient (Wildman–Crippen LogP) is 1.50. The fourth-order valence-corrected chi connectivity index (χ4v) is 5.60. The third-order valence-electron chi connectivity index (χ3n) is 4.68. The maximum absolute atomic E-state index is 12.8. The van der Waals surface area contributed by atoms with E-state index in [4.69, 9.17) is 9.47 Å². The Bertz CT molecular complexity index is 1040. The molecule has 0 bridgehead atoms. The predicted molar refractivity (Wildman–Crippen MR) is 104 cm³/mol. The van der Waals surface area contributed by atoms with Crippen LogP contribution in [0.15, 0.2) is 17.1 Å². The number of hydrogen-bond donors (Lipinski definition) is 0. The second-order valence-corrected chi connectivity index (χ2v) is 9.34. The third-order valence-corrected chi connectivity index (χ3v) is 7.12. The number of rotatable bonds is 4. The molecule has 10 heteroatoms. The van der Waals surface area contributed by atoms with Crippen LogP contribution in [0.5, 0.6) is 11.5 Å². The van der Waals surface area contributed by atoms with Crippen LogP contribution < -0.4 is 14.3 Å². The Morgan fingerprint density at radius 1 is 1.22 bits per heavy atom. The van der Waals surface area contributed by atoms with Crippen LogP contribution in [0.3, 0.4) is 0 Å². The first-order valence-corrected chi connectivity index (χ1v) is 11.2. The lowest BCUT2D eigenvalue weighted by atomic mass is 10.0. The highest BCUT2D eigenvalue weighted by molar-refractivity contribution is 7.88. The van der Waals surface area contributed by atoms with E-state index in [2.05, 4.69) is 4.99 Å². The van der Waals surface area contributed by atoms with Gasteiger partial charge in [-0.1, -0.05) is 17.8 Å². The summed E-state index contributed by atoms with van der Waals surface area (Å²) < 4.78 is 38.7. The Hall–Kier alpha value is -1.91. The molecule has 1 fully saturated rings. The van der Waals surface area contributed by atoms with Crippen LogP contribution in [0, 0.1) is 0 Å². The van der Waals surface area contributed by atoms with Crippen molar-refractivity contribution in [1.82, 2.24) is 8.87 Å². The number of piperidine rings is 1. The number of sulfonamides is 1. The smallest absolute Gasteiger partial charge is 0.266 e. The topological polar surface area (TPSA) is 90.2 Å². The van der Waals surface area contributed by atoms with Crippen molar-refractivity contribution in [2.45, 2.75) is 25.3 Å². The lowest BCUT2D eigenvalue weighted by Gasteiger charge is -2.31. The van der Waals surface area contributed by atoms with E-state index in [-0.39, 0.29) is 0 Å². The number of amides is 1. The van der Waals surface area contributed by atoms with Gasteiger partial charge in [0.2, 0.25) is 10.0 Å². The number of ether oxygens (including phenoxy) is 2. The Kier molecular flexibility index (Phi) is 5.59. The van der Waals surface area contributed by atoms with Gasteiger partial charge in [0.1, 0.15) is 27.8 Å². The van der Waals surface area contributed by atoms with Gasteiger partial charge in [0.05, 0.1) is 20.5 Å². The molecule has 2 aromatic rings. The Labute approximate surface area is 162 Å². The Morgan fingerprint density at radius 3 is 2.52 bits per heavy atom. The summed E-state index contributed by atoms with van der Waals surface area (Å²) in [5.41, 5.74) is 0.775. The number of carbonyl (C=O) groups is 1. The second kappa shape index (κ2) is 7.61. The summed E-state index contributed by atoms with van der Waals surface area (Å²) in [5, 5.41) is 0. The van der Waals surface area contributed by atoms with Gasteiger partial charge in [-0.25, -0.2) is 8.42 Å². The van der Waals surface area contributed by atoms with Gasteiger partial charge in [0, 0.05) is 13.6 Å². The minimum atomic E-state index is -3.46. The van der Waals surface area contributed by atoms with Crippen LogP contribution in [0.2, 0.25) is 0 Å². The highest BCUT2D eigenvalue weighted by Crippen LogP contribution is 2.34. The molecule has 0 aliphatic carbocycles. The van der Waals surface area contributed by atoms with Gasteiger partial charge >= 0.3 is 0 Å². The third kappa shape index (κ3) is 3.74. The van der Waals surface area contributed by atoms with E-state index in [1.54, 1.807) is 38.0 Å². The summed E-state index contributed by atoms with van der Waals surface area (Å²) in [6.45, 7) is 0.352. The maximum Gasteiger partial charge on any atom is 0.266 e. The molecular formula is C17H23N3O5S2. The van der Waals surface area contributed by atoms with Crippen LogP contribution in [0.25, 0.3) is 10.2 Å². The molecule has 1 amide bonds. The highest BCUT2D eigenvalue weighted by atomic mass is 32.2. The number of aryl methyl sites for hydroxylation is 1. The first kappa shape index (κ1) is 19.8. The fraction of sp³-hybridized carbons (Fsp3) is 0.529. The summed E-state index contributed by atoms with van der Waals surface area (Å²) >= 11 is 1.31. The van der Waals surface area contributed by atoms with E-state index < -0.39 is 22.0 Å². The van der Waals surface area contributed by atoms with E-state index >= 15 is 0 Å². The van der Waals surface area contributed by atoms with Crippen LogP contribution in [-0.4, -0.2) is 56.3 Å². The molecular weight excluding hydrogens is 390 g/mol. The molecule has 1 unspecified atom stereocenters. The van der Waals surface area contributed by atoms with Crippen molar-refractivity contribution < 1.29 is 22.7 Å². The summed E-state index contributed by atoms with van der Waals surface area (Å²) in [6, 6.07) is 2.85. The van der Waals surface area contributed by atoms with Gasteiger partial charge < -0.3 is 14.0 Å². The molecule has 148 valence electrons. The molecule has 0 N–H and O–H groups in total. The number of benzene rings is 1. The molecule has 0 radical (unpaired) electrons. The highest BCUT2D eigenvalue weighted by Gasteiger charge is 2.34. The maximum atomic E-state index is 12.8.